The van der Waals surface area contributed by atoms with Gasteiger partial charge in [-0.3, -0.25) is 4.79 Å². The number of ether oxygens (including phenoxy) is 2. The number of allylic oxidation sites excluding steroid dienone is 1. The zero-order valence-corrected chi connectivity index (χ0v) is 11.4. The number of benzene rings is 1. The molecular formula is C15H15N3O3. The third kappa shape index (κ3) is 2.24. The van der Waals surface area contributed by atoms with Gasteiger partial charge in [-0.15, -0.1) is 6.58 Å². The van der Waals surface area contributed by atoms with E-state index in [-0.39, 0.29) is 0 Å². The molecule has 0 saturated heterocycles. The van der Waals surface area contributed by atoms with Gasteiger partial charge in [0.2, 0.25) is 0 Å². The van der Waals surface area contributed by atoms with Gasteiger partial charge in [0, 0.05) is 5.56 Å². The topological polar surface area (TPSA) is 79.4 Å². The molecule has 3 rings (SSSR count). The summed E-state index contributed by atoms with van der Waals surface area (Å²) >= 11 is 0. The van der Waals surface area contributed by atoms with Crippen molar-refractivity contribution >= 4 is 12.1 Å². The smallest absolute Gasteiger partial charge is 0.162 e. The summed E-state index contributed by atoms with van der Waals surface area (Å²) in [5.74, 6) is 1.67. The van der Waals surface area contributed by atoms with E-state index < -0.39 is 0 Å². The summed E-state index contributed by atoms with van der Waals surface area (Å²) < 4.78 is 12.6. The molecule has 2 aromatic rings. The van der Waals surface area contributed by atoms with E-state index in [1.54, 1.807) is 16.8 Å². The Bertz CT molecular complexity index is 706. The van der Waals surface area contributed by atoms with Gasteiger partial charge in [0.15, 0.2) is 17.8 Å². The van der Waals surface area contributed by atoms with Gasteiger partial charge in [0.05, 0.1) is 12.1 Å². The summed E-state index contributed by atoms with van der Waals surface area (Å²) in [6.45, 7) is 5.13. The quantitative estimate of drug-likeness (QED) is 0.685. The maximum Gasteiger partial charge on any atom is 0.162 e. The molecule has 2 N–H and O–H groups in total. The zero-order chi connectivity index (χ0) is 14.8. The molecule has 2 heterocycles. The van der Waals surface area contributed by atoms with Crippen molar-refractivity contribution in [3.05, 3.63) is 36.4 Å². The Kier molecular flexibility index (Phi) is 3.35. The fraction of sp³-hybridized carbons (Fsp3) is 0.200. The number of aromatic nitrogens is 2. The molecular weight excluding hydrogens is 270 g/mol. The maximum atomic E-state index is 11.3. The fourth-order valence-electron chi connectivity index (χ4n) is 2.27. The van der Waals surface area contributed by atoms with Crippen LogP contribution in [0.3, 0.4) is 0 Å². The number of rotatable bonds is 4. The highest BCUT2D eigenvalue weighted by Gasteiger charge is 2.19. The Morgan fingerprint density at radius 2 is 2.10 bits per heavy atom. The highest BCUT2D eigenvalue weighted by molar-refractivity contribution is 5.91. The van der Waals surface area contributed by atoms with Gasteiger partial charge >= 0.3 is 0 Å². The minimum Gasteiger partial charge on any atom is -0.486 e. The molecule has 1 aliphatic heterocycles. The van der Waals surface area contributed by atoms with Crippen LogP contribution in [0.5, 0.6) is 11.5 Å². The van der Waals surface area contributed by atoms with Crippen LogP contribution < -0.4 is 15.2 Å². The third-order valence-electron chi connectivity index (χ3n) is 3.27. The van der Waals surface area contributed by atoms with Crippen LogP contribution in [-0.4, -0.2) is 29.3 Å². The van der Waals surface area contributed by atoms with E-state index in [2.05, 4.69) is 11.7 Å². The van der Waals surface area contributed by atoms with Crippen molar-refractivity contribution < 1.29 is 14.3 Å². The van der Waals surface area contributed by atoms with Crippen molar-refractivity contribution in [3.8, 4) is 22.8 Å². The summed E-state index contributed by atoms with van der Waals surface area (Å²) in [6.07, 6.45) is 2.39. The number of fused-ring (bicyclic) bond motifs is 1. The Morgan fingerprint density at radius 3 is 2.81 bits per heavy atom. The maximum absolute atomic E-state index is 11.3. The van der Waals surface area contributed by atoms with Gasteiger partial charge in [-0.25, -0.2) is 4.68 Å². The Balaban J connectivity index is 2.09. The Labute approximate surface area is 121 Å². The molecule has 1 aliphatic rings. The predicted octanol–water partition coefficient (Wildman–Crippen LogP) is 1.90. The number of carbonyl (C=O) groups is 1. The minimum atomic E-state index is 0.329. The molecule has 0 fully saturated rings. The number of aldehydes is 1. The second kappa shape index (κ2) is 5.32. The zero-order valence-electron chi connectivity index (χ0n) is 11.4. The third-order valence-corrected chi connectivity index (χ3v) is 3.27. The van der Waals surface area contributed by atoms with Gasteiger partial charge in [-0.05, 0) is 18.2 Å². The summed E-state index contributed by atoms with van der Waals surface area (Å²) in [5.41, 5.74) is 7.60. The van der Waals surface area contributed by atoms with Gasteiger partial charge in [-0.2, -0.15) is 5.10 Å². The fourth-order valence-corrected chi connectivity index (χ4v) is 2.27. The van der Waals surface area contributed by atoms with Crippen molar-refractivity contribution in [1.29, 1.82) is 0 Å². The molecule has 21 heavy (non-hydrogen) atoms. The van der Waals surface area contributed by atoms with Crippen molar-refractivity contribution in [2.24, 2.45) is 0 Å². The van der Waals surface area contributed by atoms with Crippen molar-refractivity contribution in [2.45, 2.75) is 6.54 Å². The number of nitrogens with zero attached hydrogens (tertiary/aromatic N) is 2. The van der Waals surface area contributed by atoms with E-state index in [4.69, 9.17) is 15.2 Å². The van der Waals surface area contributed by atoms with E-state index in [9.17, 15) is 4.79 Å². The number of nitrogens with two attached hydrogens (primary N) is 1. The van der Waals surface area contributed by atoms with Crippen LogP contribution in [0.1, 0.15) is 10.4 Å². The van der Waals surface area contributed by atoms with Crippen LogP contribution in [0.4, 0.5) is 5.82 Å². The number of hydrogen-bond donors (Lipinski definition) is 1. The first kappa shape index (κ1) is 13.2. The molecule has 0 saturated carbocycles. The summed E-state index contributed by atoms with van der Waals surface area (Å²) in [6, 6.07) is 5.45. The Hall–Kier alpha value is -2.76. The van der Waals surface area contributed by atoms with Gasteiger partial charge in [-0.1, -0.05) is 6.08 Å². The lowest BCUT2D eigenvalue weighted by molar-refractivity contribution is 0.112. The predicted molar refractivity (Wildman–Crippen MR) is 78.6 cm³/mol. The van der Waals surface area contributed by atoms with Gasteiger partial charge < -0.3 is 15.2 Å². The van der Waals surface area contributed by atoms with E-state index in [1.165, 1.54) is 0 Å². The van der Waals surface area contributed by atoms with Gasteiger partial charge in [0.25, 0.3) is 0 Å². The van der Waals surface area contributed by atoms with Crippen LogP contribution in [0, 0.1) is 0 Å². The molecule has 1 aromatic carbocycles. The number of carbonyl (C=O) groups excluding carboxylic acids is 1. The van der Waals surface area contributed by atoms with Crippen LogP contribution in [0.15, 0.2) is 30.9 Å². The molecule has 1 aromatic heterocycles. The monoisotopic (exact) mass is 285 g/mol. The molecule has 6 heteroatoms. The molecule has 0 amide bonds. The average molecular weight is 285 g/mol. The molecule has 0 atom stereocenters. The lowest BCUT2D eigenvalue weighted by atomic mass is 10.1. The summed E-state index contributed by atoms with van der Waals surface area (Å²) in [7, 11) is 0. The van der Waals surface area contributed by atoms with E-state index in [1.807, 2.05) is 12.1 Å². The van der Waals surface area contributed by atoms with Crippen LogP contribution in [-0.2, 0) is 6.54 Å². The minimum absolute atomic E-state index is 0.329. The largest absolute Gasteiger partial charge is 0.486 e. The second-order valence-electron chi connectivity index (χ2n) is 4.59. The highest BCUT2D eigenvalue weighted by atomic mass is 16.6. The molecule has 0 bridgehead atoms. The van der Waals surface area contributed by atoms with Crippen LogP contribution >= 0.6 is 0 Å². The molecule has 0 unspecified atom stereocenters. The van der Waals surface area contributed by atoms with Crippen molar-refractivity contribution in [2.75, 3.05) is 18.9 Å². The molecule has 0 spiro atoms. The van der Waals surface area contributed by atoms with E-state index in [0.717, 1.165) is 5.56 Å². The number of hydrogen-bond acceptors (Lipinski definition) is 5. The molecule has 6 nitrogen and oxygen atoms in total. The first-order chi connectivity index (χ1) is 10.2. The summed E-state index contributed by atoms with van der Waals surface area (Å²) in [5, 5.41) is 4.38. The van der Waals surface area contributed by atoms with E-state index in [0.29, 0.717) is 54.6 Å². The Morgan fingerprint density at radius 1 is 1.33 bits per heavy atom. The van der Waals surface area contributed by atoms with Crippen LogP contribution in [0.2, 0.25) is 0 Å². The number of anilines is 1. The molecule has 0 aliphatic carbocycles. The van der Waals surface area contributed by atoms with E-state index >= 15 is 0 Å². The van der Waals surface area contributed by atoms with Crippen molar-refractivity contribution in [1.82, 2.24) is 9.78 Å². The first-order valence-corrected chi connectivity index (χ1v) is 6.57. The lowest BCUT2D eigenvalue weighted by Gasteiger charge is -2.18. The SMILES string of the molecule is C=CCn1nc(-c2ccc3c(c2)OCCO3)c(C=O)c1N. The standard InChI is InChI=1S/C15H15N3O3/c1-2-5-18-15(16)11(9-19)14(17-18)10-3-4-12-13(8-10)21-7-6-20-12/h2-4,8-9H,1,5-7,16H2. The van der Waals surface area contributed by atoms with Gasteiger partial charge in [0.1, 0.15) is 24.7 Å². The second-order valence-corrected chi connectivity index (χ2v) is 4.59. The normalized spacial score (nSPS) is 13.0. The van der Waals surface area contributed by atoms with Crippen LogP contribution in [0.25, 0.3) is 11.3 Å². The summed E-state index contributed by atoms with van der Waals surface area (Å²) in [4.78, 5) is 11.3. The van der Waals surface area contributed by atoms with Crippen molar-refractivity contribution in [3.63, 3.8) is 0 Å². The highest BCUT2D eigenvalue weighted by Crippen LogP contribution is 2.35. The number of nitrogen functional groups attached to an aromatic ring is 1. The molecule has 0 radical (unpaired) electrons. The lowest BCUT2D eigenvalue weighted by Crippen LogP contribution is -2.15. The molecule has 108 valence electrons. The average Bonchev–Trinajstić information content (AvgIpc) is 2.83. The first-order valence-electron chi connectivity index (χ1n) is 6.57.